The Morgan fingerprint density at radius 3 is 1.79 bits per heavy atom. The lowest BCUT2D eigenvalue weighted by molar-refractivity contribution is -0.142. The summed E-state index contributed by atoms with van der Waals surface area (Å²) in [4.78, 5) is 57.9. The highest BCUT2D eigenvalue weighted by atomic mass is 32.2. The van der Waals surface area contributed by atoms with E-state index in [1.54, 1.807) is 13.8 Å². The van der Waals surface area contributed by atoms with Crippen molar-refractivity contribution in [2.45, 2.75) is 70.1 Å². The topological polar surface area (TPSA) is 279 Å². The molecule has 0 bridgehead atoms. The lowest BCUT2D eigenvalue weighted by Gasteiger charge is -2.27. The van der Waals surface area contributed by atoms with E-state index in [0.717, 1.165) is 0 Å². The number of hydrogen-bond acceptors (Lipinski definition) is 8. The summed E-state index contributed by atoms with van der Waals surface area (Å²) in [6.07, 6.45) is 3.28. The third kappa shape index (κ3) is 15.1. The second kappa shape index (κ2) is 18.9. The first kappa shape index (κ1) is 34.7. The number of carbonyl (C=O) groups excluding carboxylic acids is 3. The molecule has 4 unspecified atom stereocenters. The molecule has 0 fully saturated rings. The van der Waals surface area contributed by atoms with Gasteiger partial charge >= 0.3 is 5.97 Å². The van der Waals surface area contributed by atoms with E-state index in [2.05, 4.69) is 25.9 Å². The highest BCUT2D eigenvalue weighted by Crippen LogP contribution is 2.08. The molecule has 14 N–H and O–H groups in total. The summed E-state index contributed by atoms with van der Waals surface area (Å²) in [6, 6.07) is -4.06. The molecule has 218 valence electrons. The third-order valence-electron chi connectivity index (χ3n) is 5.35. The molecule has 0 aliphatic heterocycles. The van der Waals surface area contributed by atoms with Crippen molar-refractivity contribution in [1.29, 1.82) is 0 Å². The van der Waals surface area contributed by atoms with Gasteiger partial charge in [0.05, 0.1) is 6.04 Å². The molecular formula is C22H44N10O5S. The third-order valence-corrected chi connectivity index (χ3v) is 6.00. The largest absolute Gasteiger partial charge is 0.480 e. The molecule has 0 aliphatic rings. The van der Waals surface area contributed by atoms with Crippen molar-refractivity contribution in [3.63, 3.8) is 0 Å². The van der Waals surface area contributed by atoms with Crippen molar-refractivity contribution < 1.29 is 24.3 Å². The van der Waals surface area contributed by atoms with Crippen molar-refractivity contribution in [2.24, 2.45) is 44.6 Å². The molecule has 0 aromatic heterocycles. The minimum Gasteiger partial charge on any atom is -0.480 e. The van der Waals surface area contributed by atoms with Crippen LogP contribution in [0.25, 0.3) is 0 Å². The zero-order valence-corrected chi connectivity index (χ0v) is 23.1. The van der Waals surface area contributed by atoms with E-state index in [1.165, 1.54) is 11.8 Å². The van der Waals surface area contributed by atoms with Crippen molar-refractivity contribution in [3.05, 3.63) is 0 Å². The van der Waals surface area contributed by atoms with E-state index in [0.29, 0.717) is 31.6 Å². The van der Waals surface area contributed by atoms with Crippen LogP contribution in [0.1, 0.15) is 46.0 Å². The molecule has 0 aromatic carbocycles. The van der Waals surface area contributed by atoms with Gasteiger partial charge in [0.15, 0.2) is 11.9 Å². The Morgan fingerprint density at radius 2 is 1.32 bits per heavy atom. The maximum Gasteiger partial charge on any atom is 0.326 e. The minimum absolute atomic E-state index is 0.0553. The van der Waals surface area contributed by atoms with Gasteiger partial charge in [-0.05, 0) is 50.0 Å². The summed E-state index contributed by atoms with van der Waals surface area (Å²) < 4.78 is 0. The summed E-state index contributed by atoms with van der Waals surface area (Å²) in [5.74, 6) is -2.94. The molecule has 16 heteroatoms. The highest BCUT2D eigenvalue weighted by molar-refractivity contribution is 7.98. The SMILES string of the molecule is CSCCC(NC(=O)C(NC(=O)C(N)CCCN=C(N)N)C(C)C)C(=O)NC(CCCN=C(N)N)C(=O)O. The number of aliphatic carboxylic acids is 1. The van der Waals surface area contributed by atoms with Gasteiger partial charge in [-0.1, -0.05) is 13.8 Å². The van der Waals surface area contributed by atoms with Gasteiger partial charge in [-0.3, -0.25) is 24.4 Å². The van der Waals surface area contributed by atoms with Gasteiger partial charge in [0.2, 0.25) is 17.7 Å². The van der Waals surface area contributed by atoms with E-state index in [9.17, 15) is 24.3 Å². The van der Waals surface area contributed by atoms with Crippen molar-refractivity contribution in [3.8, 4) is 0 Å². The Hall–Kier alpha value is -3.27. The molecule has 0 saturated heterocycles. The summed E-state index contributed by atoms with van der Waals surface area (Å²) >= 11 is 1.46. The number of hydrogen-bond donors (Lipinski definition) is 9. The number of carboxylic acids is 1. The first-order valence-corrected chi connectivity index (χ1v) is 13.7. The summed E-state index contributed by atoms with van der Waals surface area (Å²) in [7, 11) is 0. The van der Waals surface area contributed by atoms with Crippen molar-refractivity contribution in [1.82, 2.24) is 16.0 Å². The molecule has 0 radical (unpaired) electrons. The second-order valence-corrected chi connectivity index (χ2v) is 9.96. The summed E-state index contributed by atoms with van der Waals surface area (Å²) in [5.41, 5.74) is 27.0. The van der Waals surface area contributed by atoms with Crippen LogP contribution >= 0.6 is 11.8 Å². The fourth-order valence-electron chi connectivity index (χ4n) is 3.24. The number of thioether (sulfide) groups is 1. The summed E-state index contributed by atoms with van der Waals surface area (Å²) in [6.45, 7) is 4.00. The molecule has 38 heavy (non-hydrogen) atoms. The van der Waals surface area contributed by atoms with Crippen LogP contribution < -0.4 is 44.6 Å². The van der Waals surface area contributed by atoms with E-state index in [1.807, 2.05) is 6.26 Å². The number of amides is 3. The van der Waals surface area contributed by atoms with Crippen LogP contribution in [0.5, 0.6) is 0 Å². The van der Waals surface area contributed by atoms with Gasteiger partial charge in [0.25, 0.3) is 0 Å². The lowest BCUT2D eigenvalue weighted by Crippen LogP contribution is -2.58. The van der Waals surface area contributed by atoms with E-state index >= 15 is 0 Å². The molecule has 0 heterocycles. The first-order chi connectivity index (χ1) is 17.8. The molecule has 0 aliphatic carbocycles. The predicted octanol–water partition coefficient (Wildman–Crippen LogP) is -2.63. The van der Waals surface area contributed by atoms with Gasteiger partial charge < -0.3 is 49.7 Å². The summed E-state index contributed by atoms with van der Waals surface area (Å²) in [5, 5.41) is 17.3. The van der Waals surface area contributed by atoms with Gasteiger partial charge in [-0.2, -0.15) is 11.8 Å². The van der Waals surface area contributed by atoms with Crippen LogP contribution in [0.4, 0.5) is 0 Å². The number of nitrogens with one attached hydrogen (secondary N) is 3. The molecule has 0 rings (SSSR count). The zero-order chi connectivity index (χ0) is 29.3. The maximum absolute atomic E-state index is 13.1. The average molecular weight is 561 g/mol. The molecular weight excluding hydrogens is 516 g/mol. The molecule has 0 aromatic rings. The predicted molar refractivity (Wildman–Crippen MR) is 149 cm³/mol. The fourth-order valence-corrected chi connectivity index (χ4v) is 3.72. The van der Waals surface area contributed by atoms with Crippen LogP contribution in [0.15, 0.2) is 9.98 Å². The first-order valence-electron chi connectivity index (χ1n) is 12.3. The standard InChI is InChI=1S/C22H44N10O5S/c1-12(2)16(32-17(33)13(23)6-4-9-28-21(24)25)19(35)30-14(8-11-38-3)18(34)31-15(20(36)37)7-5-10-29-22(26)27/h12-16H,4-11,23H2,1-3H3,(H,30,35)(H,31,34)(H,32,33)(H,36,37)(H4,24,25,28)(H4,26,27,29). The Bertz CT molecular complexity index is 831. The van der Waals surface area contributed by atoms with Gasteiger partial charge in [0, 0.05) is 13.1 Å². The smallest absolute Gasteiger partial charge is 0.326 e. The number of carbonyl (C=O) groups is 4. The van der Waals surface area contributed by atoms with Crippen LogP contribution in [0.3, 0.4) is 0 Å². The number of nitrogens with two attached hydrogens (primary N) is 5. The number of carboxylic acid groups (broad SMARTS) is 1. The monoisotopic (exact) mass is 560 g/mol. The number of guanidine groups is 2. The highest BCUT2D eigenvalue weighted by Gasteiger charge is 2.31. The molecule has 15 nitrogen and oxygen atoms in total. The van der Waals surface area contributed by atoms with Crippen molar-refractivity contribution >= 4 is 47.4 Å². The number of rotatable bonds is 19. The number of nitrogens with zero attached hydrogens (tertiary/aromatic N) is 2. The molecule has 4 atom stereocenters. The van der Waals surface area contributed by atoms with E-state index in [4.69, 9.17) is 28.7 Å². The quantitative estimate of drug-likeness (QED) is 0.0447. The average Bonchev–Trinajstić information content (AvgIpc) is 2.83. The lowest BCUT2D eigenvalue weighted by atomic mass is 10.0. The van der Waals surface area contributed by atoms with E-state index in [-0.39, 0.29) is 37.2 Å². The minimum atomic E-state index is -1.22. The fraction of sp³-hybridized carbons (Fsp3) is 0.727. The van der Waals surface area contributed by atoms with Crippen LogP contribution in [0, 0.1) is 5.92 Å². The van der Waals surface area contributed by atoms with Crippen molar-refractivity contribution in [2.75, 3.05) is 25.1 Å². The molecule has 0 saturated carbocycles. The van der Waals surface area contributed by atoms with Crippen LogP contribution in [0.2, 0.25) is 0 Å². The molecule has 0 spiro atoms. The van der Waals surface area contributed by atoms with Gasteiger partial charge in [-0.15, -0.1) is 0 Å². The Balaban J connectivity index is 5.29. The molecule has 3 amide bonds. The normalized spacial score (nSPS) is 13.9. The van der Waals surface area contributed by atoms with Crippen LogP contribution in [-0.4, -0.2) is 90.0 Å². The Morgan fingerprint density at radius 1 is 0.789 bits per heavy atom. The Kier molecular flexibility index (Phi) is 17.3. The van der Waals surface area contributed by atoms with Gasteiger partial charge in [0.1, 0.15) is 18.1 Å². The maximum atomic E-state index is 13.1. The van der Waals surface area contributed by atoms with Gasteiger partial charge in [-0.25, -0.2) is 4.79 Å². The second-order valence-electron chi connectivity index (χ2n) is 8.98. The van der Waals surface area contributed by atoms with Crippen LogP contribution in [-0.2, 0) is 19.2 Å². The Labute approximate surface area is 227 Å². The number of aliphatic imine (C=N–C) groups is 2. The van der Waals surface area contributed by atoms with E-state index < -0.39 is 47.9 Å². The zero-order valence-electron chi connectivity index (χ0n) is 22.3.